The number of halogens is 1. The molecule has 1 saturated heterocycles. The first kappa shape index (κ1) is 20.7. The first-order valence-electron chi connectivity index (χ1n) is 9.46. The summed E-state index contributed by atoms with van der Waals surface area (Å²) < 4.78 is 12.0. The third kappa shape index (κ3) is 4.86. The van der Waals surface area contributed by atoms with Crippen LogP contribution in [0.2, 0.25) is 0 Å². The molecule has 1 fully saturated rings. The molecule has 150 valence electrons. The zero-order chi connectivity index (χ0) is 20.1. The molecule has 1 aliphatic rings. The number of likely N-dealkylation sites (tertiary alicyclic amines) is 1. The molecule has 5 nitrogen and oxygen atoms in total. The normalized spacial score (nSPS) is 16.8. The van der Waals surface area contributed by atoms with E-state index in [1.54, 1.807) is 19.1 Å². The molecule has 3 rings (SSSR count). The lowest BCUT2D eigenvalue weighted by Gasteiger charge is -2.28. The van der Waals surface area contributed by atoms with Crippen molar-refractivity contribution in [3.05, 3.63) is 58.1 Å². The highest BCUT2D eigenvalue weighted by molar-refractivity contribution is 9.10. The first-order valence-corrected chi connectivity index (χ1v) is 10.3. The largest absolute Gasteiger partial charge is 0.497 e. The van der Waals surface area contributed by atoms with Crippen molar-refractivity contribution in [2.45, 2.75) is 25.4 Å². The van der Waals surface area contributed by atoms with E-state index in [1.165, 1.54) is 0 Å². The van der Waals surface area contributed by atoms with E-state index in [0.717, 1.165) is 46.5 Å². The predicted octanol–water partition coefficient (Wildman–Crippen LogP) is 4.26. The summed E-state index contributed by atoms with van der Waals surface area (Å²) in [6.45, 7) is 1.91. The van der Waals surface area contributed by atoms with Crippen LogP contribution in [-0.2, 0) is 11.3 Å². The Hall–Kier alpha value is -2.05. The van der Waals surface area contributed by atoms with Crippen LogP contribution in [0.15, 0.2) is 46.9 Å². The van der Waals surface area contributed by atoms with Crippen molar-refractivity contribution in [2.24, 2.45) is 0 Å². The molecule has 0 bridgehead atoms. The number of benzene rings is 2. The number of hydrogen-bond donors (Lipinski definition) is 0. The zero-order valence-corrected chi connectivity index (χ0v) is 18.2. The summed E-state index contributed by atoms with van der Waals surface area (Å²) in [6, 6.07) is 14.1. The summed E-state index contributed by atoms with van der Waals surface area (Å²) in [5.41, 5.74) is 2.20. The van der Waals surface area contributed by atoms with Gasteiger partial charge in [0.05, 0.1) is 20.8 Å². The Bertz CT molecular complexity index is 810. The second kappa shape index (κ2) is 9.43. The molecule has 0 radical (unpaired) electrons. The van der Waals surface area contributed by atoms with Gasteiger partial charge in [-0.05, 0) is 55.3 Å². The van der Waals surface area contributed by atoms with Crippen molar-refractivity contribution in [2.75, 3.05) is 34.4 Å². The summed E-state index contributed by atoms with van der Waals surface area (Å²) in [4.78, 5) is 16.9. The van der Waals surface area contributed by atoms with Gasteiger partial charge in [-0.25, -0.2) is 0 Å². The minimum absolute atomic E-state index is 0.122. The fraction of sp³-hybridized carbons (Fsp3) is 0.409. The van der Waals surface area contributed by atoms with Gasteiger partial charge in [0, 0.05) is 29.7 Å². The second-order valence-corrected chi connectivity index (χ2v) is 8.03. The lowest BCUT2D eigenvalue weighted by atomic mass is 10.0. The third-order valence-electron chi connectivity index (χ3n) is 5.26. The van der Waals surface area contributed by atoms with Gasteiger partial charge in [0.25, 0.3) is 0 Å². The molecule has 2 aromatic carbocycles. The van der Waals surface area contributed by atoms with Gasteiger partial charge in [-0.3, -0.25) is 9.69 Å². The fourth-order valence-corrected chi connectivity index (χ4v) is 3.98. The predicted molar refractivity (Wildman–Crippen MR) is 114 cm³/mol. The van der Waals surface area contributed by atoms with E-state index in [0.29, 0.717) is 13.1 Å². The van der Waals surface area contributed by atoms with E-state index in [9.17, 15) is 4.79 Å². The smallest absolute Gasteiger partial charge is 0.236 e. The molecule has 0 saturated carbocycles. The SMILES string of the molecule is COc1ccc(OC)c([C@H]2CCCN2CC(=O)N(C)Cc2ccc(Br)cc2)c1. The van der Waals surface area contributed by atoms with Crippen molar-refractivity contribution >= 4 is 21.8 Å². The number of likely N-dealkylation sites (N-methyl/N-ethyl adjacent to an activating group) is 1. The highest BCUT2D eigenvalue weighted by Crippen LogP contribution is 2.38. The van der Waals surface area contributed by atoms with Crippen LogP contribution in [0.25, 0.3) is 0 Å². The van der Waals surface area contributed by atoms with Crippen LogP contribution in [-0.4, -0.2) is 50.1 Å². The Morgan fingerprint density at radius 2 is 1.93 bits per heavy atom. The molecule has 1 aliphatic heterocycles. The van der Waals surface area contributed by atoms with Crippen LogP contribution in [0, 0.1) is 0 Å². The van der Waals surface area contributed by atoms with Gasteiger partial charge in [-0.15, -0.1) is 0 Å². The van der Waals surface area contributed by atoms with Gasteiger partial charge in [0.1, 0.15) is 11.5 Å². The standard InChI is InChI=1S/C22H27BrN2O3/c1-24(14-16-6-8-17(23)9-7-16)22(26)15-25-12-4-5-20(25)19-13-18(27-2)10-11-21(19)28-3/h6-11,13,20H,4-5,12,14-15H2,1-3H3/t20-/m1/s1. The molecule has 0 spiro atoms. The number of hydrogen-bond acceptors (Lipinski definition) is 4. The van der Waals surface area contributed by atoms with Crippen molar-refractivity contribution < 1.29 is 14.3 Å². The highest BCUT2D eigenvalue weighted by Gasteiger charge is 2.30. The van der Waals surface area contributed by atoms with Crippen LogP contribution >= 0.6 is 15.9 Å². The second-order valence-electron chi connectivity index (χ2n) is 7.11. The zero-order valence-electron chi connectivity index (χ0n) is 16.7. The Labute approximate surface area is 175 Å². The van der Waals surface area contributed by atoms with Crippen molar-refractivity contribution in [3.63, 3.8) is 0 Å². The topological polar surface area (TPSA) is 42.0 Å². The molecule has 1 atom stereocenters. The number of carbonyl (C=O) groups is 1. The summed E-state index contributed by atoms with van der Waals surface area (Å²) in [7, 11) is 5.21. The Kier molecular flexibility index (Phi) is 6.97. The maximum atomic E-state index is 12.8. The number of methoxy groups -OCH3 is 2. The van der Waals surface area contributed by atoms with Gasteiger partial charge >= 0.3 is 0 Å². The molecular formula is C22H27BrN2O3. The molecule has 0 aliphatic carbocycles. The number of carbonyl (C=O) groups excluding carboxylic acids is 1. The van der Waals surface area contributed by atoms with Gasteiger partial charge in [-0.2, -0.15) is 0 Å². The average Bonchev–Trinajstić information content (AvgIpc) is 3.17. The lowest BCUT2D eigenvalue weighted by molar-refractivity contribution is -0.131. The first-order chi connectivity index (χ1) is 13.5. The lowest BCUT2D eigenvalue weighted by Crippen LogP contribution is -2.37. The monoisotopic (exact) mass is 446 g/mol. The van der Waals surface area contributed by atoms with Crippen molar-refractivity contribution in [1.29, 1.82) is 0 Å². The Balaban J connectivity index is 1.69. The van der Waals surface area contributed by atoms with Crippen molar-refractivity contribution in [1.82, 2.24) is 9.80 Å². The Morgan fingerprint density at radius 1 is 1.18 bits per heavy atom. The van der Waals surface area contributed by atoms with Gasteiger partial charge in [0.2, 0.25) is 5.91 Å². The maximum absolute atomic E-state index is 12.8. The fourth-order valence-electron chi connectivity index (χ4n) is 3.71. The summed E-state index contributed by atoms with van der Waals surface area (Å²) in [5, 5.41) is 0. The summed E-state index contributed by atoms with van der Waals surface area (Å²) in [6.07, 6.45) is 2.07. The van der Waals surface area contributed by atoms with Crippen LogP contribution in [0.3, 0.4) is 0 Å². The van der Waals surface area contributed by atoms with Crippen LogP contribution in [0.1, 0.15) is 30.0 Å². The van der Waals surface area contributed by atoms with Gasteiger partial charge < -0.3 is 14.4 Å². The number of nitrogens with zero attached hydrogens (tertiary/aromatic N) is 2. The van der Waals surface area contributed by atoms with E-state index in [1.807, 2.05) is 49.5 Å². The summed E-state index contributed by atoms with van der Waals surface area (Å²) in [5.74, 6) is 1.77. The molecule has 1 heterocycles. The number of rotatable bonds is 7. The van der Waals surface area contributed by atoms with E-state index >= 15 is 0 Å². The molecular weight excluding hydrogens is 420 g/mol. The molecule has 0 aromatic heterocycles. The van der Waals surface area contributed by atoms with E-state index in [4.69, 9.17) is 9.47 Å². The number of ether oxygens (including phenoxy) is 2. The molecule has 6 heteroatoms. The van der Waals surface area contributed by atoms with E-state index in [-0.39, 0.29) is 11.9 Å². The number of amides is 1. The minimum atomic E-state index is 0.122. The average molecular weight is 447 g/mol. The third-order valence-corrected chi connectivity index (χ3v) is 5.79. The van der Waals surface area contributed by atoms with Crippen LogP contribution < -0.4 is 9.47 Å². The molecule has 1 amide bonds. The quantitative estimate of drug-likeness (QED) is 0.636. The molecule has 0 N–H and O–H groups in total. The van der Waals surface area contributed by atoms with Gasteiger partial charge in [-0.1, -0.05) is 28.1 Å². The van der Waals surface area contributed by atoms with E-state index in [2.05, 4.69) is 20.8 Å². The van der Waals surface area contributed by atoms with Crippen LogP contribution in [0.4, 0.5) is 0 Å². The molecule has 2 aromatic rings. The Morgan fingerprint density at radius 3 is 2.61 bits per heavy atom. The molecule has 28 heavy (non-hydrogen) atoms. The van der Waals surface area contributed by atoms with Crippen LogP contribution in [0.5, 0.6) is 11.5 Å². The summed E-state index contributed by atoms with van der Waals surface area (Å²) >= 11 is 3.44. The van der Waals surface area contributed by atoms with E-state index < -0.39 is 0 Å². The molecule has 0 unspecified atom stereocenters. The highest BCUT2D eigenvalue weighted by atomic mass is 79.9. The minimum Gasteiger partial charge on any atom is -0.497 e. The van der Waals surface area contributed by atoms with Gasteiger partial charge in [0.15, 0.2) is 0 Å². The maximum Gasteiger partial charge on any atom is 0.236 e. The van der Waals surface area contributed by atoms with Crippen molar-refractivity contribution in [3.8, 4) is 11.5 Å².